The summed E-state index contributed by atoms with van der Waals surface area (Å²) in [5.41, 5.74) is 0.238. The topological polar surface area (TPSA) is 76.8 Å². The molecule has 1 aliphatic heterocycles. The van der Waals surface area contributed by atoms with E-state index < -0.39 is 0 Å². The minimum atomic E-state index is -0.250. The molecule has 1 unspecified atom stereocenters. The molecule has 7 nitrogen and oxygen atoms in total. The summed E-state index contributed by atoms with van der Waals surface area (Å²) in [5.74, 6) is -0.250. The number of ether oxygens (including phenoxy) is 2. The molecule has 0 aromatic carbocycles. The number of oxazole rings is 1. The second kappa shape index (κ2) is 7.25. The molecule has 2 rings (SSSR count). The molecule has 112 valence electrons. The van der Waals surface area contributed by atoms with Crippen LogP contribution < -0.4 is 10.1 Å². The molecular weight excluding hydrogens is 262 g/mol. The summed E-state index contributed by atoms with van der Waals surface area (Å²) in [5, 5.41) is 2.90. The predicted octanol–water partition coefficient (Wildman–Crippen LogP) is 0.524. The molecule has 2 heterocycles. The number of nitrogens with zero attached hydrogens (tertiary/aromatic N) is 2. The second-order valence-electron chi connectivity index (χ2n) is 4.72. The van der Waals surface area contributed by atoms with E-state index >= 15 is 0 Å². The molecule has 1 saturated heterocycles. The van der Waals surface area contributed by atoms with Gasteiger partial charge in [0.15, 0.2) is 5.69 Å². The molecule has 1 aromatic rings. The summed E-state index contributed by atoms with van der Waals surface area (Å²) in [6, 6.07) is 0.0350. The highest BCUT2D eigenvalue weighted by molar-refractivity contribution is 5.92. The number of amides is 1. The van der Waals surface area contributed by atoms with Gasteiger partial charge in [0.05, 0.1) is 19.8 Å². The first-order valence-electron chi connectivity index (χ1n) is 6.88. The Labute approximate surface area is 118 Å². The minimum Gasteiger partial charge on any atom is -0.450 e. The van der Waals surface area contributed by atoms with Crippen molar-refractivity contribution in [1.29, 1.82) is 0 Å². The second-order valence-corrected chi connectivity index (χ2v) is 4.72. The van der Waals surface area contributed by atoms with Crippen molar-refractivity contribution in [3.8, 4) is 6.08 Å². The average molecular weight is 283 g/mol. The quantitative estimate of drug-likeness (QED) is 0.820. The van der Waals surface area contributed by atoms with E-state index in [1.807, 2.05) is 13.8 Å². The van der Waals surface area contributed by atoms with Crippen LogP contribution in [0.25, 0.3) is 0 Å². The van der Waals surface area contributed by atoms with E-state index in [0.717, 1.165) is 32.8 Å². The van der Waals surface area contributed by atoms with Gasteiger partial charge in [0.2, 0.25) is 0 Å². The Morgan fingerprint density at radius 2 is 2.30 bits per heavy atom. The molecule has 1 fully saturated rings. The van der Waals surface area contributed by atoms with Crippen molar-refractivity contribution in [3.63, 3.8) is 0 Å². The first kappa shape index (κ1) is 14.8. The molecule has 0 bridgehead atoms. The van der Waals surface area contributed by atoms with E-state index in [2.05, 4.69) is 15.2 Å². The molecule has 1 aromatic heterocycles. The van der Waals surface area contributed by atoms with E-state index in [-0.39, 0.29) is 23.7 Å². The highest BCUT2D eigenvalue weighted by Gasteiger charge is 2.18. The van der Waals surface area contributed by atoms with Gasteiger partial charge in [0.25, 0.3) is 5.91 Å². The maximum Gasteiger partial charge on any atom is 0.394 e. The molecule has 1 atom stereocenters. The summed E-state index contributed by atoms with van der Waals surface area (Å²) in [6.07, 6.45) is 1.43. The average Bonchev–Trinajstić information content (AvgIpc) is 2.89. The third-order valence-corrected chi connectivity index (χ3v) is 3.00. The standard InChI is InChI=1S/C13H21N3O4/c1-3-19-13-15-11(9-20-13)12(17)14-10(2)8-16-4-6-18-7-5-16/h9-10H,3-8H2,1-2H3,(H,14,17). The molecule has 0 saturated carbocycles. The maximum absolute atomic E-state index is 12.0. The largest absolute Gasteiger partial charge is 0.450 e. The maximum atomic E-state index is 12.0. The van der Waals surface area contributed by atoms with Gasteiger partial charge < -0.3 is 19.2 Å². The zero-order valence-corrected chi connectivity index (χ0v) is 11.9. The SMILES string of the molecule is CCOc1nc(C(=O)NC(C)CN2CCOCC2)co1. The summed E-state index contributed by atoms with van der Waals surface area (Å²) in [4.78, 5) is 18.2. The fourth-order valence-corrected chi connectivity index (χ4v) is 2.07. The molecule has 0 spiro atoms. The summed E-state index contributed by atoms with van der Waals surface area (Å²) in [6.45, 7) is 8.35. The van der Waals surface area contributed by atoms with Crippen molar-refractivity contribution >= 4 is 5.91 Å². The van der Waals surface area contributed by atoms with E-state index in [1.165, 1.54) is 6.26 Å². The van der Waals surface area contributed by atoms with E-state index in [1.54, 1.807) is 0 Å². The van der Waals surface area contributed by atoms with Crippen LogP contribution in [0.1, 0.15) is 24.3 Å². The van der Waals surface area contributed by atoms with Gasteiger partial charge in [-0.2, -0.15) is 4.98 Å². The first-order valence-corrected chi connectivity index (χ1v) is 6.88. The smallest absolute Gasteiger partial charge is 0.394 e. The molecule has 20 heavy (non-hydrogen) atoms. The number of carbonyl (C=O) groups is 1. The van der Waals surface area contributed by atoms with Crippen LogP contribution >= 0.6 is 0 Å². The minimum absolute atomic E-state index is 0.0350. The zero-order valence-electron chi connectivity index (χ0n) is 11.9. The van der Waals surface area contributed by atoms with E-state index in [4.69, 9.17) is 13.9 Å². The number of rotatable bonds is 6. The molecule has 0 radical (unpaired) electrons. The van der Waals surface area contributed by atoms with Gasteiger partial charge in [0.1, 0.15) is 6.26 Å². The van der Waals surface area contributed by atoms with Crippen molar-refractivity contribution < 1.29 is 18.7 Å². The molecule has 1 amide bonds. The molecule has 7 heteroatoms. The van der Waals surface area contributed by atoms with Gasteiger partial charge in [-0.15, -0.1) is 0 Å². The molecular formula is C13H21N3O4. The van der Waals surface area contributed by atoms with Crippen molar-refractivity contribution in [2.75, 3.05) is 39.5 Å². The number of aromatic nitrogens is 1. The lowest BCUT2D eigenvalue weighted by Gasteiger charge is -2.29. The Morgan fingerprint density at radius 1 is 1.55 bits per heavy atom. The van der Waals surface area contributed by atoms with Crippen LogP contribution in [-0.4, -0.2) is 61.3 Å². The van der Waals surface area contributed by atoms with Gasteiger partial charge in [-0.3, -0.25) is 9.69 Å². The summed E-state index contributed by atoms with van der Waals surface area (Å²) < 4.78 is 15.4. The van der Waals surface area contributed by atoms with Crippen molar-refractivity contribution in [1.82, 2.24) is 15.2 Å². The highest BCUT2D eigenvalue weighted by atomic mass is 16.6. The number of hydrogen-bond donors (Lipinski definition) is 1. The fourth-order valence-electron chi connectivity index (χ4n) is 2.07. The number of nitrogens with one attached hydrogen (secondary N) is 1. The van der Waals surface area contributed by atoms with Crippen LogP contribution in [-0.2, 0) is 4.74 Å². The Morgan fingerprint density at radius 3 is 3.00 bits per heavy atom. The van der Waals surface area contributed by atoms with Crippen molar-refractivity contribution in [3.05, 3.63) is 12.0 Å². The van der Waals surface area contributed by atoms with Crippen LogP contribution in [0.4, 0.5) is 0 Å². The van der Waals surface area contributed by atoms with Gasteiger partial charge in [-0.1, -0.05) is 0 Å². The Kier molecular flexibility index (Phi) is 5.37. The lowest BCUT2D eigenvalue weighted by Crippen LogP contribution is -2.46. The summed E-state index contributed by atoms with van der Waals surface area (Å²) in [7, 11) is 0. The number of morpholine rings is 1. The normalized spacial score (nSPS) is 17.7. The Balaban J connectivity index is 1.80. The van der Waals surface area contributed by atoms with Crippen molar-refractivity contribution in [2.24, 2.45) is 0 Å². The van der Waals surface area contributed by atoms with E-state index in [0.29, 0.717) is 6.61 Å². The third-order valence-electron chi connectivity index (χ3n) is 3.00. The van der Waals surface area contributed by atoms with Crippen LogP contribution in [0.2, 0.25) is 0 Å². The fraction of sp³-hybridized carbons (Fsp3) is 0.692. The van der Waals surface area contributed by atoms with Crippen LogP contribution in [0.5, 0.6) is 6.08 Å². The van der Waals surface area contributed by atoms with Gasteiger partial charge in [-0.05, 0) is 13.8 Å². The highest BCUT2D eigenvalue weighted by Crippen LogP contribution is 2.10. The van der Waals surface area contributed by atoms with Crippen molar-refractivity contribution in [2.45, 2.75) is 19.9 Å². The monoisotopic (exact) mass is 283 g/mol. The lowest BCUT2D eigenvalue weighted by molar-refractivity contribution is 0.0342. The number of hydrogen-bond acceptors (Lipinski definition) is 6. The Hall–Kier alpha value is -1.60. The molecule has 1 aliphatic rings. The zero-order chi connectivity index (χ0) is 14.4. The van der Waals surface area contributed by atoms with Crippen LogP contribution in [0.3, 0.4) is 0 Å². The Bertz CT molecular complexity index is 429. The van der Waals surface area contributed by atoms with Gasteiger partial charge >= 0.3 is 6.08 Å². The van der Waals surface area contributed by atoms with Crippen LogP contribution in [0.15, 0.2) is 10.7 Å². The van der Waals surface area contributed by atoms with Crippen LogP contribution in [0, 0.1) is 0 Å². The van der Waals surface area contributed by atoms with Gasteiger partial charge in [-0.25, -0.2) is 0 Å². The summed E-state index contributed by atoms with van der Waals surface area (Å²) >= 11 is 0. The van der Waals surface area contributed by atoms with Gasteiger partial charge in [0, 0.05) is 25.7 Å². The first-order chi connectivity index (χ1) is 9.69. The number of carbonyl (C=O) groups excluding carboxylic acids is 1. The predicted molar refractivity (Wildman–Crippen MR) is 71.9 cm³/mol. The molecule has 0 aliphatic carbocycles. The van der Waals surface area contributed by atoms with E-state index in [9.17, 15) is 4.79 Å². The third kappa shape index (κ3) is 4.21. The molecule has 1 N–H and O–H groups in total. The lowest BCUT2D eigenvalue weighted by atomic mass is 10.2.